The van der Waals surface area contributed by atoms with Gasteiger partial charge < -0.3 is 4.18 Å². The van der Waals surface area contributed by atoms with Crippen LogP contribution < -0.4 is 0 Å². The number of rotatable bonds is 5. The second-order valence-electron chi connectivity index (χ2n) is 5.03. The zero-order valence-corrected chi connectivity index (χ0v) is 13.3. The van der Waals surface area contributed by atoms with Crippen LogP contribution in [0, 0.1) is 0 Å². The van der Waals surface area contributed by atoms with E-state index in [2.05, 4.69) is 72.8 Å². The molecule has 0 bridgehead atoms. The van der Waals surface area contributed by atoms with E-state index in [1.54, 1.807) is 7.11 Å². The predicted molar refractivity (Wildman–Crippen MR) is 93.8 cm³/mol. The average Bonchev–Trinajstić information content (AvgIpc) is 2.62. The van der Waals surface area contributed by atoms with Gasteiger partial charge in [0.2, 0.25) is 0 Å². The highest BCUT2D eigenvalue weighted by molar-refractivity contribution is 7.96. The molecule has 0 spiro atoms. The molecule has 110 valence electrons. The molecule has 0 aliphatic carbocycles. The summed E-state index contributed by atoms with van der Waals surface area (Å²) in [5.41, 5.74) is 3.62. The molecule has 0 N–H and O–H groups in total. The van der Waals surface area contributed by atoms with Gasteiger partial charge in [0.1, 0.15) is 4.75 Å². The molecule has 3 rings (SSSR count). The van der Waals surface area contributed by atoms with Gasteiger partial charge >= 0.3 is 0 Å². The Hall–Kier alpha value is -2.03. The first-order chi connectivity index (χ1) is 10.9. The van der Waals surface area contributed by atoms with Crippen LogP contribution in [0.2, 0.25) is 0 Å². The van der Waals surface area contributed by atoms with Crippen molar-refractivity contribution in [3.63, 3.8) is 0 Å². The summed E-state index contributed by atoms with van der Waals surface area (Å²) < 4.78 is 5.21. The Morgan fingerprint density at radius 1 is 0.591 bits per heavy atom. The van der Waals surface area contributed by atoms with E-state index in [1.165, 1.54) is 28.7 Å². The highest BCUT2D eigenvalue weighted by Crippen LogP contribution is 2.48. The van der Waals surface area contributed by atoms with Crippen LogP contribution in [0.15, 0.2) is 91.0 Å². The summed E-state index contributed by atoms with van der Waals surface area (Å²) >= 11 is 1.48. The van der Waals surface area contributed by atoms with Crippen molar-refractivity contribution < 1.29 is 4.18 Å². The number of hydrogen-bond acceptors (Lipinski definition) is 2. The van der Waals surface area contributed by atoms with Gasteiger partial charge in [-0.3, -0.25) is 0 Å². The highest BCUT2D eigenvalue weighted by atomic mass is 32.2. The molecule has 0 heterocycles. The fourth-order valence-electron chi connectivity index (χ4n) is 2.79. The third-order valence-electron chi connectivity index (χ3n) is 3.75. The maximum Gasteiger partial charge on any atom is 0.117 e. The molecule has 3 aromatic rings. The Kier molecular flexibility index (Phi) is 4.62. The lowest BCUT2D eigenvalue weighted by Gasteiger charge is -2.33. The van der Waals surface area contributed by atoms with Gasteiger partial charge in [0.25, 0.3) is 0 Å². The molecule has 1 nitrogen and oxygen atoms in total. The monoisotopic (exact) mass is 306 g/mol. The van der Waals surface area contributed by atoms with Gasteiger partial charge in [0.15, 0.2) is 0 Å². The molecule has 0 fully saturated rings. The van der Waals surface area contributed by atoms with Crippen molar-refractivity contribution in [3.05, 3.63) is 108 Å². The lowest BCUT2D eigenvalue weighted by atomic mass is 9.84. The van der Waals surface area contributed by atoms with Crippen LogP contribution in [0.5, 0.6) is 0 Å². The fraction of sp³-hybridized carbons (Fsp3) is 0.100. The topological polar surface area (TPSA) is 9.23 Å². The lowest BCUT2D eigenvalue weighted by molar-refractivity contribution is 0.479. The van der Waals surface area contributed by atoms with E-state index in [-0.39, 0.29) is 4.75 Å². The van der Waals surface area contributed by atoms with Crippen LogP contribution >= 0.6 is 12.0 Å². The van der Waals surface area contributed by atoms with Crippen molar-refractivity contribution in [3.8, 4) is 0 Å². The maximum atomic E-state index is 5.59. The van der Waals surface area contributed by atoms with Gasteiger partial charge in [0, 0.05) is 12.0 Å². The zero-order chi connectivity index (χ0) is 15.3. The van der Waals surface area contributed by atoms with Crippen molar-refractivity contribution >= 4 is 12.0 Å². The minimum absolute atomic E-state index is 0.376. The first kappa shape index (κ1) is 14.9. The highest BCUT2D eigenvalue weighted by Gasteiger charge is 2.37. The molecule has 0 aliphatic rings. The van der Waals surface area contributed by atoms with Gasteiger partial charge in [-0.15, -0.1) is 0 Å². The standard InChI is InChI=1S/C20H18OS/c1-21-22-20(17-11-5-2-6-12-17,18-13-7-3-8-14-18)19-15-9-4-10-16-19/h2-16H,1H3. The largest absolute Gasteiger partial charge is 0.317 e. The minimum atomic E-state index is -0.376. The first-order valence-corrected chi connectivity index (χ1v) is 8.00. The van der Waals surface area contributed by atoms with Crippen molar-refractivity contribution in [2.24, 2.45) is 0 Å². The van der Waals surface area contributed by atoms with E-state index < -0.39 is 0 Å². The summed E-state index contributed by atoms with van der Waals surface area (Å²) in [6, 6.07) is 31.5. The van der Waals surface area contributed by atoms with Gasteiger partial charge in [-0.1, -0.05) is 91.0 Å². The normalized spacial score (nSPS) is 11.3. The van der Waals surface area contributed by atoms with Gasteiger partial charge in [0.05, 0.1) is 7.11 Å². The van der Waals surface area contributed by atoms with Crippen molar-refractivity contribution in [1.29, 1.82) is 0 Å². The quantitative estimate of drug-likeness (QED) is 0.469. The maximum absolute atomic E-state index is 5.59. The Morgan fingerprint density at radius 2 is 0.909 bits per heavy atom. The van der Waals surface area contributed by atoms with E-state index in [1.807, 2.05) is 18.2 Å². The summed E-state index contributed by atoms with van der Waals surface area (Å²) in [5, 5.41) is 0. The van der Waals surface area contributed by atoms with Crippen LogP contribution in [0.25, 0.3) is 0 Å². The number of hydrogen-bond donors (Lipinski definition) is 0. The lowest BCUT2D eigenvalue weighted by Crippen LogP contribution is -2.25. The van der Waals surface area contributed by atoms with Gasteiger partial charge in [-0.2, -0.15) is 0 Å². The third-order valence-corrected chi connectivity index (χ3v) is 4.87. The summed E-state index contributed by atoms with van der Waals surface area (Å²) in [6.45, 7) is 0. The molecular formula is C20H18OS. The van der Waals surface area contributed by atoms with Crippen molar-refractivity contribution in [1.82, 2.24) is 0 Å². The van der Waals surface area contributed by atoms with Crippen LogP contribution in [-0.4, -0.2) is 7.11 Å². The molecule has 0 unspecified atom stereocenters. The van der Waals surface area contributed by atoms with Crippen LogP contribution in [0.3, 0.4) is 0 Å². The van der Waals surface area contributed by atoms with Crippen LogP contribution in [0.1, 0.15) is 16.7 Å². The Labute approximate surface area is 136 Å². The van der Waals surface area contributed by atoms with E-state index >= 15 is 0 Å². The molecule has 3 aromatic carbocycles. The zero-order valence-electron chi connectivity index (χ0n) is 12.5. The SMILES string of the molecule is COSC(c1ccccc1)(c1ccccc1)c1ccccc1. The average molecular weight is 306 g/mol. The molecule has 0 atom stereocenters. The van der Waals surface area contributed by atoms with E-state index in [0.717, 1.165) is 0 Å². The molecule has 0 saturated carbocycles. The van der Waals surface area contributed by atoms with E-state index in [0.29, 0.717) is 0 Å². The van der Waals surface area contributed by atoms with Crippen LogP contribution in [-0.2, 0) is 8.93 Å². The van der Waals surface area contributed by atoms with Crippen molar-refractivity contribution in [2.75, 3.05) is 7.11 Å². The second kappa shape index (κ2) is 6.82. The molecule has 2 heteroatoms. The number of benzene rings is 3. The summed E-state index contributed by atoms with van der Waals surface area (Å²) in [4.78, 5) is 0. The summed E-state index contributed by atoms with van der Waals surface area (Å²) in [7, 11) is 1.73. The van der Waals surface area contributed by atoms with Crippen molar-refractivity contribution in [2.45, 2.75) is 4.75 Å². The summed E-state index contributed by atoms with van der Waals surface area (Å²) in [5.74, 6) is 0. The molecule has 0 aliphatic heterocycles. The second-order valence-corrected chi connectivity index (χ2v) is 6.14. The van der Waals surface area contributed by atoms with Gasteiger partial charge in [-0.05, 0) is 16.7 Å². The minimum Gasteiger partial charge on any atom is -0.317 e. The van der Waals surface area contributed by atoms with E-state index in [4.69, 9.17) is 4.18 Å². The molecular weight excluding hydrogens is 288 g/mol. The van der Waals surface area contributed by atoms with Crippen LogP contribution in [0.4, 0.5) is 0 Å². The van der Waals surface area contributed by atoms with E-state index in [9.17, 15) is 0 Å². The molecule has 22 heavy (non-hydrogen) atoms. The fourth-order valence-corrected chi connectivity index (χ4v) is 3.73. The molecule has 0 amide bonds. The Balaban J connectivity index is 2.29. The Morgan fingerprint density at radius 3 is 1.18 bits per heavy atom. The molecule has 0 aromatic heterocycles. The first-order valence-electron chi connectivity index (χ1n) is 7.26. The molecule has 0 saturated heterocycles. The van der Waals surface area contributed by atoms with Gasteiger partial charge in [-0.25, -0.2) is 0 Å². The Bertz CT molecular complexity index is 599. The smallest absolute Gasteiger partial charge is 0.117 e. The summed E-state index contributed by atoms with van der Waals surface area (Å²) in [6.07, 6.45) is 0. The third kappa shape index (κ3) is 2.68. The predicted octanol–water partition coefficient (Wildman–Crippen LogP) is 5.27. The molecule has 0 radical (unpaired) electrons.